The van der Waals surface area contributed by atoms with Crippen molar-refractivity contribution in [2.24, 2.45) is 0 Å². The monoisotopic (exact) mass is 292 g/mol. The number of hydrogen-bond acceptors (Lipinski definition) is 3. The predicted molar refractivity (Wildman–Crippen MR) is 66.9 cm³/mol. The standard InChI is InChI=1S/C10H13BrN2O.ClH/c1-2-3-6-14-10(12)9-5-4-8(11)7-13-9;/h4-5,7,12H,2-3,6H2,1H3;1H. The SMILES string of the molecule is CCCCOC(=N)c1ccc(Br)cn1.Cl. The van der Waals surface area contributed by atoms with Crippen LogP contribution in [0.5, 0.6) is 0 Å². The average Bonchev–Trinajstić information content (AvgIpc) is 2.19. The normalized spacial score (nSPS) is 9.20. The van der Waals surface area contributed by atoms with Crippen LogP contribution in [0.15, 0.2) is 22.8 Å². The summed E-state index contributed by atoms with van der Waals surface area (Å²) in [6, 6.07) is 3.61. The van der Waals surface area contributed by atoms with E-state index in [1.807, 2.05) is 6.07 Å². The van der Waals surface area contributed by atoms with Gasteiger partial charge in [0, 0.05) is 10.7 Å². The van der Waals surface area contributed by atoms with E-state index in [-0.39, 0.29) is 18.3 Å². The smallest absolute Gasteiger partial charge is 0.232 e. The van der Waals surface area contributed by atoms with Crippen molar-refractivity contribution in [2.75, 3.05) is 6.61 Å². The topological polar surface area (TPSA) is 46.0 Å². The van der Waals surface area contributed by atoms with E-state index in [4.69, 9.17) is 10.1 Å². The lowest BCUT2D eigenvalue weighted by Gasteiger charge is -2.05. The first-order valence-electron chi connectivity index (χ1n) is 4.57. The van der Waals surface area contributed by atoms with Gasteiger partial charge in [-0.15, -0.1) is 12.4 Å². The Hall–Kier alpha value is -0.610. The van der Waals surface area contributed by atoms with Crippen LogP contribution in [0.25, 0.3) is 0 Å². The van der Waals surface area contributed by atoms with Crippen molar-refractivity contribution >= 4 is 34.2 Å². The van der Waals surface area contributed by atoms with Crippen LogP contribution in [-0.2, 0) is 4.74 Å². The Bertz CT molecular complexity index is 303. The highest BCUT2D eigenvalue weighted by Crippen LogP contribution is 2.08. The molecule has 0 radical (unpaired) electrons. The van der Waals surface area contributed by atoms with Gasteiger partial charge in [-0.25, -0.2) is 0 Å². The number of aromatic nitrogens is 1. The maximum Gasteiger partial charge on any atom is 0.232 e. The van der Waals surface area contributed by atoms with Crippen molar-refractivity contribution in [3.8, 4) is 0 Å². The first kappa shape index (κ1) is 14.4. The summed E-state index contributed by atoms with van der Waals surface area (Å²) in [4.78, 5) is 4.06. The first-order valence-corrected chi connectivity index (χ1v) is 5.36. The second-order valence-electron chi connectivity index (χ2n) is 2.89. The number of pyridine rings is 1. The van der Waals surface area contributed by atoms with Gasteiger partial charge >= 0.3 is 0 Å². The Labute approximate surface area is 104 Å². The fourth-order valence-corrected chi connectivity index (χ4v) is 1.14. The Morgan fingerprint density at radius 1 is 1.53 bits per heavy atom. The van der Waals surface area contributed by atoms with Gasteiger partial charge in [-0.3, -0.25) is 10.4 Å². The number of nitrogens with zero attached hydrogens (tertiary/aromatic N) is 1. The van der Waals surface area contributed by atoms with E-state index in [0.29, 0.717) is 12.3 Å². The fourth-order valence-electron chi connectivity index (χ4n) is 0.903. The summed E-state index contributed by atoms with van der Waals surface area (Å²) in [6.07, 6.45) is 3.70. The van der Waals surface area contributed by atoms with Gasteiger partial charge in [0.25, 0.3) is 0 Å². The summed E-state index contributed by atoms with van der Waals surface area (Å²) in [5, 5.41) is 7.58. The molecular formula is C10H14BrClN2O. The molecule has 0 aromatic carbocycles. The van der Waals surface area contributed by atoms with Gasteiger partial charge < -0.3 is 4.74 Å². The third-order valence-corrected chi connectivity index (χ3v) is 2.17. The zero-order valence-corrected chi connectivity index (χ0v) is 10.9. The van der Waals surface area contributed by atoms with E-state index < -0.39 is 0 Å². The third-order valence-electron chi connectivity index (χ3n) is 1.70. The number of nitrogens with one attached hydrogen (secondary N) is 1. The van der Waals surface area contributed by atoms with Crippen molar-refractivity contribution in [1.82, 2.24) is 4.98 Å². The highest BCUT2D eigenvalue weighted by Gasteiger charge is 2.02. The fraction of sp³-hybridized carbons (Fsp3) is 0.400. The third kappa shape index (κ3) is 5.14. The van der Waals surface area contributed by atoms with E-state index in [2.05, 4.69) is 27.8 Å². The minimum Gasteiger partial charge on any atom is -0.477 e. The predicted octanol–water partition coefficient (Wildman–Crippen LogP) is 3.41. The molecule has 0 atom stereocenters. The van der Waals surface area contributed by atoms with Crippen LogP contribution in [-0.4, -0.2) is 17.5 Å². The summed E-state index contributed by atoms with van der Waals surface area (Å²) in [7, 11) is 0. The van der Waals surface area contributed by atoms with Gasteiger partial charge in [-0.05, 0) is 34.5 Å². The van der Waals surface area contributed by atoms with E-state index >= 15 is 0 Å². The van der Waals surface area contributed by atoms with E-state index in [9.17, 15) is 0 Å². The summed E-state index contributed by atoms with van der Waals surface area (Å²) in [5.41, 5.74) is 0.573. The lowest BCUT2D eigenvalue weighted by molar-refractivity contribution is 0.294. The van der Waals surface area contributed by atoms with Crippen LogP contribution in [0.3, 0.4) is 0 Å². The van der Waals surface area contributed by atoms with Crippen molar-refractivity contribution in [1.29, 1.82) is 5.41 Å². The Morgan fingerprint density at radius 2 is 2.27 bits per heavy atom. The minimum absolute atomic E-state index is 0. The van der Waals surface area contributed by atoms with Crippen LogP contribution < -0.4 is 0 Å². The zero-order valence-electron chi connectivity index (χ0n) is 8.50. The van der Waals surface area contributed by atoms with Crippen LogP contribution in [0.4, 0.5) is 0 Å². The van der Waals surface area contributed by atoms with Gasteiger partial charge in [0.2, 0.25) is 5.90 Å². The number of halogens is 2. The quantitative estimate of drug-likeness (QED) is 0.525. The van der Waals surface area contributed by atoms with Crippen molar-refractivity contribution < 1.29 is 4.74 Å². The largest absolute Gasteiger partial charge is 0.477 e. The highest BCUT2D eigenvalue weighted by molar-refractivity contribution is 9.10. The maximum absolute atomic E-state index is 7.58. The van der Waals surface area contributed by atoms with Gasteiger partial charge in [-0.1, -0.05) is 13.3 Å². The van der Waals surface area contributed by atoms with E-state index in [1.54, 1.807) is 12.3 Å². The van der Waals surface area contributed by atoms with Gasteiger partial charge in [-0.2, -0.15) is 0 Å². The van der Waals surface area contributed by atoms with Crippen molar-refractivity contribution in [3.63, 3.8) is 0 Å². The molecule has 84 valence electrons. The molecule has 0 unspecified atom stereocenters. The Kier molecular flexibility index (Phi) is 7.34. The molecule has 0 amide bonds. The van der Waals surface area contributed by atoms with Crippen molar-refractivity contribution in [2.45, 2.75) is 19.8 Å². The molecule has 5 heteroatoms. The Morgan fingerprint density at radius 3 is 2.80 bits per heavy atom. The molecule has 1 N–H and O–H groups in total. The molecule has 1 heterocycles. The molecule has 1 aromatic rings. The highest BCUT2D eigenvalue weighted by atomic mass is 79.9. The van der Waals surface area contributed by atoms with Crippen LogP contribution in [0, 0.1) is 5.41 Å². The van der Waals surface area contributed by atoms with Crippen molar-refractivity contribution in [3.05, 3.63) is 28.5 Å². The van der Waals surface area contributed by atoms with Crippen LogP contribution >= 0.6 is 28.3 Å². The molecule has 15 heavy (non-hydrogen) atoms. The molecule has 0 fully saturated rings. The van der Waals surface area contributed by atoms with Crippen LogP contribution in [0.2, 0.25) is 0 Å². The summed E-state index contributed by atoms with van der Waals surface area (Å²) in [5.74, 6) is 0.144. The zero-order chi connectivity index (χ0) is 10.4. The molecular weight excluding hydrogens is 279 g/mol. The molecule has 0 aliphatic carbocycles. The molecule has 3 nitrogen and oxygen atoms in total. The summed E-state index contributed by atoms with van der Waals surface area (Å²) < 4.78 is 6.12. The molecule has 1 rings (SSSR count). The molecule has 0 bridgehead atoms. The van der Waals surface area contributed by atoms with Crippen LogP contribution in [0.1, 0.15) is 25.5 Å². The molecule has 0 saturated carbocycles. The number of unbranched alkanes of at least 4 members (excludes halogenated alkanes) is 1. The second kappa shape index (κ2) is 7.65. The number of hydrogen-bond donors (Lipinski definition) is 1. The number of rotatable bonds is 4. The molecule has 0 aliphatic heterocycles. The second-order valence-corrected chi connectivity index (χ2v) is 3.81. The Balaban J connectivity index is 0.00000196. The maximum atomic E-state index is 7.58. The van der Waals surface area contributed by atoms with E-state index in [0.717, 1.165) is 17.3 Å². The molecule has 0 aliphatic rings. The minimum atomic E-state index is 0. The molecule has 0 spiro atoms. The van der Waals surface area contributed by atoms with Gasteiger partial charge in [0.15, 0.2) is 0 Å². The number of ether oxygens (including phenoxy) is 1. The van der Waals surface area contributed by atoms with Gasteiger partial charge in [0.1, 0.15) is 5.69 Å². The first-order chi connectivity index (χ1) is 6.74. The lowest BCUT2D eigenvalue weighted by Crippen LogP contribution is -2.08. The summed E-state index contributed by atoms with van der Waals surface area (Å²) >= 11 is 3.28. The molecule has 0 saturated heterocycles. The summed E-state index contributed by atoms with van der Waals surface area (Å²) in [6.45, 7) is 2.68. The van der Waals surface area contributed by atoms with Gasteiger partial charge in [0.05, 0.1) is 6.61 Å². The molecule has 1 aromatic heterocycles. The lowest BCUT2D eigenvalue weighted by atomic mass is 10.3. The average molecular weight is 294 g/mol. The van der Waals surface area contributed by atoms with E-state index in [1.165, 1.54) is 0 Å².